The number of hydrogen-bond acceptors (Lipinski definition) is 10. The molecule has 1 saturated carbocycles. The number of piperidine rings is 1. The van der Waals surface area contributed by atoms with Crippen molar-refractivity contribution in [1.29, 1.82) is 0 Å². The summed E-state index contributed by atoms with van der Waals surface area (Å²) in [6.45, 7) is 3.55. The lowest BCUT2D eigenvalue weighted by Crippen LogP contribution is -2.54. The molecule has 2 bridgehead atoms. The zero-order valence-corrected chi connectivity index (χ0v) is 33.4. The van der Waals surface area contributed by atoms with Crippen molar-refractivity contribution in [3.8, 4) is 5.69 Å². The maximum atomic E-state index is 14.4. The SMILES string of the molecule is CN(CCc1ccc(CCNc2cccc3c2C(=O)N(C2CCC(=O)NC2=O)C3=O)cc1)CC1CCC(n2cc(-n3[nH]c(=O)cc3N3C[C@H]4C[C@@H]3CO4)c(C(F)F)n2)CC1. The van der Waals surface area contributed by atoms with Crippen LogP contribution in [0, 0.1) is 5.92 Å². The van der Waals surface area contributed by atoms with Crippen molar-refractivity contribution >= 4 is 35.1 Å². The molecule has 0 spiro atoms. The Morgan fingerprint density at radius 3 is 2.42 bits per heavy atom. The number of aromatic nitrogens is 4. The summed E-state index contributed by atoms with van der Waals surface area (Å²) < 4.78 is 37.6. The molecule has 4 fully saturated rings. The van der Waals surface area contributed by atoms with Crippen LogP contribution in [0.5, 0.6) is 0 Å². The molecule has 316 valence electrons. The van der Waals surface area contributed by atoms with Gasteiger partial charge in [-0.05, 0) is 87.6 Å². The average molecular weight is 826 g/mol. The van der Waals surface area contributed by atoms with Gasteiger partial charge < -0.3 is 19.9 Å². The van der Waals surface area contributed by atoms with Gasteiger partial charge in [-0.25, -0.2) is 13.5 Å². The third-order valence-electron chi connectivity index (χ3n) is 12.9. The highest BCUT2D eigenvalue weighted by molar-refractivity contribution is 6.25. The molecule has 1 unspecified atom stereocenters. The molecule has 2 aromatic heterocycles. The number of anilines is 2. The van der Waals surface area contributed by atoms with Crippen molar-refractivity contribution < 1.29 is 32.7 Å². The lowest BCUT2D eigenvalue weighted by Gasteiger charge is -2.31. The number of rotatable bonds is 14. The van der Waals surface area contributed by atoms with Gasteiger partial charge in [-0.3, -0.25) is 44.0 Å². The number of benzene rings is 2. The first kappa shape index (κ1) is 39.8. The summed E-state index contributed by atoms with van der Waals surface area (Å²) in [6.07, 6.45) is 5.20. The molecule has 4 aromatic rings. The summed E-state index contributed by atoms with van der Waals surface area (Å²) in [7, 11) is 2.14. The van der Waals surface area contributed by atoms with Crippen molar-refractivity contribution in [1.82, 2.24) is 34.7 Å². The van der Waals surface area contributed by atoms with Gasteiger partial charge in [0.25, 0.3) is 23.8 Å². The molecule has 5 aliphatic rings. The number of carbonyl (C=O) groups is 4. The molecule has 15 nitrogen and oxygen atoms in total. The largest absolute Gasteiger partial charge is 0.384 e. The van der Waals surface area contributed by atoms with Gasteiger partial charge in [0.2, 0.25) is 11.8 Å². The maximum absolute atomic E-state index is 14.4. The van der Waals surface area contributed by atoms with E-state index in [0.717, 1.165) is 62.1 Å². The van der Waals surface area contributed by atoms with Gasteiger partial charge in [0.05, 0.1) is 42.1 Å². The summed E-state index contributed by atoms with van der Waals surface area (Å²) in [5, 5.41) is 12.7. The van der Waals surface area contributed by atoms with Crippen molar-refractivity contribution in [2.75, 3.05) is 50.1 Å². The van der Waals surface area contributed by atoms with Crippen LogP contribution in [0.25, 0.3) is 5.69 Å². The normalized spacial score (nSPS) is 24.0. The first-order valence-electron chi connectivity index (χ1n) is 20.9. The molecule has 3 atom stereocenters. The number of amides is 4. The summed E-state index contributed by atoms with van der Waals surface area (Å²) in [4.78, 5) is 68.5. The molecule has 3 N–H and O–H groups in total. The Morgan fingerprint density at radius 2 is 1.72 bits per heavy atom. The molecule has 4 aliphatic heterocycles. The highest BCUT2D eigenvalue weighted by Gasteiger charge is 2.46. The fourth-order valence-corrected chi connectivity index (χ4v) is 9.69. The minimum absolute atomic E-state index is 0.00370. The number of nitrogens with one attached hydrogen (secondary N) is 3. The molecular weight excluding hydrogens is 777 g/mol. The number of nitrogens with zero attached hydrogens (tertiary/aromatic N) is 6. The van der Waals surface area contributed by atoms with E-state index < -0.39 is 36.1 Å². The van der Waals surface area contributed by atoms with Crippen LogP contribution in [0.4, 0.5) is 20.3 Å². The summed E-state index contributed by atoms with van der Waals surface area (Å²) in [5.74, 6) is -1.05. The van der Waals surface area contributed by atoms with Crippen molar-refractivity contribution in [2.45, 2.75) is 88.4 Å². The minimum atomic E-state index is -2.79. The quantitative estimate of drug-likeness (QED) is 0.157. The number of morpholine rings is 1. The van der Waals surface area contributed by atoms with E-state index in [0.29, 0.717) is 43.5 Å². The lowest BCUT2D eigenvalue weighted by atomic mass is 9.86. The second-order valence-corrected chi connectivity index (χ2v) is 16.8. The number of alkyl halides is 2. The predicted octanol–water partition coefficient (Wildman–Crippen LogP) is 4.24. The maximum Gasteiger partial charge on any atom is 0.284 e. The van der Waals surface area contributed by atoms with E-state index in [-0.39, 0.29) is 59.1 Å². The number of carbonyl (C=O) groups excluding carboxylic acids is 4. The van der Waals surface area contributed by atoms with Crippen LogP contribution >= 0.6 is 0 Å². The summed E-state index contributed by atoms with van der Waals surface area (Å²) >= 11 is 0. The smallest absolute Gasteiger partial charge is 0.284 e. The second kappa shape index (κ2) is 16.4. The Hall–Kier alpha value is -5.68. The van der Waals surface area contributed by atoms with Crippen LogP contribution < -0.4 is 21.1 Å². The number of halogens is 2. The van der Waals surface area contributed by atoms with Gasteiger partial charge in [-0.1, -0.05) is 30.3 Å². The van der Waals surface area contributed by atoms with E-state index in [1.807, 2.05) is 0 Å². The van der Waals surface area contributed by atoms with E-state index in [1.165, 1.54) is 16.3 Å². The number of aromatic amines is 1. The Balaban J connectivity index is 0.736. The van der Waals surface area contributed by atoms with E-state index >= 15 is 0 Å². The van der Waals surface area contributed by atoms with Gasteiger partial charge in [0.15, 0.2) is 5.69 Å². The molecule has 3 saturated heterocycles. The van der Waals surface area contributed by atoms with Gasteiger partial charge in [0, 0.05) is 44.4 Å². The minimum Gasteiger partial charge on any atom is -0.384 e. The van der Waals surface area contributed by atoms with Crippen LogP contribution in [0.15, 0.2) is 59.5 Å². The van der Waals surface area contributed by atoms with Gasteiger partial charge in [0.1, 0.15) is 17.5 Å². The Labute approximate surface area is 345 Å². The fourth-order valence-electron chi connectivity index (χ4n) is 9.69. The predicted molar refractivity (Wildman–Crippen MR) is 217 cm³/mol. The first-order chi connectivity index (χ1) is 29.0. The highest BCUT2D eigenvalue weighted by Crippen LogP contribution is 2.38. The van der Waals surface area contributed by atoms with Gasteiger partial charge in [-0.2, -0.15) is 5.10 Å². The molecular formula is C43H49F2N9O6. The number of fused-ring (bicyclic) bond motifs is 3. The van der Waals surface area contributed by atoms with Crippen molar-refractivity contribution in [3.63, 3.8) is 0 Å². The van der Waals surface area contributed by atoms with E-state index in [2.05, 4.69) is 61.9 Å². The van der Waals surface area contributed by atoms with E-state index in [1.54, 1.807) is 29.1 Å². The molecule has 4 amide bonds. The fraction of sp³-hybridized carbons (Fsp3) is 0.488. The van der Waals surface area contributed by atoms with Gasteiger partial charge in [-0.15, -0.1) is 0 Å². The van der Waals surface area contributed by atoms with E-state index in [9.17, 15) is 32.8 Å². The van der Waals surface area contributed by atoms with Gasteiger partial charge >= 0.3 is 0 Å². The molecule has 9 rings (SSSR count). The average Bonchev–Trinajstić information content (AvgIpc) is 4.08. The van der Waals surface area contributed by atoms with Crippen LogP contribution in [-0.2, 0) is 27.2 Å². The number of imide groups is 2. The monoisotopic (exact) mass is 825 g/mol. The Kier molecular flexibility index (Phi) is 10.9. The first-order valence-corrected chi connectivity index (χ1v) is 20.9. The van der Waals surface area contributed by atoms with Crippen molar-refractivity contribution in [2.24, 2.45) is 5.92 Å². The molecule has 6 heterocycles. The number of ether oxygens (including phenoxy) is 1. The molecule has 2 aromatic carbocycles. The third-order valence-corrected chi connectivity index (χ3v) is 12.9. The van der Waals surface area contributed by atoms with Crippen LogP contribution in [-0.4, -0.2) is 111 Å². The zero-order chi connectivity index (χ0) is 41.7. The molecule has 60 heavy (non-hydrogen) atoms. The zero-order valence-electron chi connectivity index (χ0n) is 33.4. The second-order valence-electron chi connectivity index (χ2n) is 16.8. The molecule has 0 radical (unpaired) electrons. The molecule has 17 heteroatoms. The number of hydrogen-bond donors (Lipinski definition) is 3. The lowest BCUT2D eigenvalue weighted by molar-refractivity contribution is -0.136. The van der Waals surface area contributed by atoms with E-state index in [4.69, 9.17) is 4.74 Å². The Morgan fingerprint density at radius 1 is 0.950 bits per heavy atom. The summed E-state index contributed by atoms with van der Waals surface area (Å²) in [5.41, 5.74) is 2.91. The Bertz CT molecular complexity index is 2350. The topological polar surface area (TPSA) is 167 Å². The third kappa shape index (κ3) is 7.75. The van der Waals surface area contributed by atoms with Crippen molar-refractivity contribution in [3.05, 3.63) is 93.0 Å². The van der Waals surface area contributed by atoms with Crippen LogP contribution in [0.1, 0.15) is 94.9 Å². The standard InChI is InChI=1S/C43H49F2N9O6/c1-50(21-27-9-11-28(12-10-27)52-23-34(39(49-52)40(44)45)54-37(20-36(56)48-54)51-22-30-19-29(51)24-60-30)18-16-26-7-5-25(6-8-26)15-17-46-32-4-2-3-31-38(32)43(59)53(42(31)58)33-13-14-35(55)47-41(33)57/h2-8,20,23,27-30,33,40,46H,9-19,21-22,24H2,1H3,(H,48,56)(H,47,55,57)/t27?,28?,29-,30-,33?/m1/s1. The summed E-state index contributed by atoms with van der Waals surface area (Å²) in [6, 6.07) is 14.1. The van der Waals surface area contributed by atoms with Crippen LogP contribution in [0.2, 0.25) is 0 Å². The van der Waals surface area contributed by atoms with Crippen LogP contribution in [0.3, 0.4) is 0 Å². The number of H-pyrrole nitrogens is 1. The highest BCUT2D eigenvalue weighted by atomic mass is 19.3. The number of likely N-dealkylation sites (N-methyl/N-ethyl adjacent to an activating group) is 1. The molecule has 1 aliphatic carbocycles.